The maximum Gasteiger partial charge on any atom is 0.127 e. The second kappa shape index (κ2) is 5.59. The Hall–Kier alpha value is -1.26. The number of nitrogens with one attached hydrogen (secondary N) is 1. The van der Waals surface area contributed by atoms with E-state index in [-0.39, 0.29) is 5.82 Å². The highest BCUT2D eigenvalue weighted by atomic mass is 32.1. The van der Waals surface area contributed by atoms with Gasteiger partial charge < -0.3 is 5.32 Å². The van der Waals surface area contributed by atoms with Crippen molar-refractivity contribution in [2.75, 3.05) is 0 Å². The molecule has 2 aromatic rings. The zero-order chi connectivity index (χ0) is 13.1. The van der Waals surface area contributed by atoms with E-state index >= 15 is 0 Å². The van der Waals surface area contributed by atoms with Gasteiger partial charge in [-0.3, -0.25) is 0 Å². The summed E-state index contributed by atoms with van der Waals surface area (Å²) in [5.74, 6) is -0.779. The van der Waals surface area contributed by atoms with Crippen molar-refractivity contribution in [1.82, 2.24) is 5.32 Å². The lowest BCUT2D eigenvalue weighted by molar-refractivity contribution is 0.569. The molecule has 0 aliphatic carbocycles. The minimum absolute atomic E-state index is 0.333. The number of aryl methyl sites for hydroxylation is 2. The molecule has 4 heteroatoms. The van der Waals surface area contributed by atoms with Gasteiger partial charge in [-0.1, -0.05) is 0 Å². The summed E-state index contributed by atoms with van der Waals surface area (Å²) in [6, 6.07) is 5.64. The van der Waals surface area contributed by atoms with Crippen LogP contribution in [0.2, 0.25) is 0 Å². The smallest absolute Gasteiger partial charge is 0.127 e. The quantitative estimate of drug-likeness (QED) is 0.885. The molecule has 0 saturated carbocycles. The Balaban J connectivity index is 1.94. The van der Waals surface area contributed by atoms with Crippen LogP contribution in [0.1, 0.15) is 20.9 Å². The predicted octanol–water partition coefficient (Wildman–Crippen LogP) is 3.93. The van der Waals surface area contributed by atoms with Crippen molar-refractivity contribution in [2.45, 2.75) is 26.9 Å². The van der Waals surface area contributed by atoms with Gasteiger partial charge in [0.1, 0.15) is 11.6 Å². The van der Waals surface area contributed by atoms with Gasteiger partial charge in [-0.05, 0) is 43.7 Å². The lowest BCUT2D eigenvalue weighted by Crippen LogP contribution is -2.13. The zero-order valence-electron chi connectivity index (χ0n) is 10.4. The van der Waals surface area contributed by atoms with Gasteiger partial charge in [0.05, 0.1) is 0 Å². The molecule has 0 atom stereocenters. The van der Waals surface area contributed by atoms with Crippen LogP contribution in [-0.4, -0.2) is 0 Å². The van der Waals surface area contributed by atoms with Crippen LogP contribution in [0.3, 0.4) is 0 Å². The van der Waals surface area contributed by atoms with Gasteiger partial charge >= 0.3 is 0 Å². The Bertz CT molecular complexity index is 529. The number of thiophene rings is 1. The van der Waals surface area contributed by atoms with Gasteiger partial charge in [-0.15, -0.1) is 11.3 Å². The monoisotopic (exact) mass is 267 g/mol. The number of benzene rings is 1. The molecule has 0 fully saturated rings. The average molecular weight is 267 g/mol. The van der Waals surface area contributed by atoms with E-state index in [4.69, 9.17) is 0 Å². The molecule has 1 heterocycles. The second-order valence-electron chi connectivity index (χ2n) is 4.29. The van der Waals surface area contributed by atoms with Gasteiger partial charge in [-0.2, -0.15) is 0 Å². The molecule has 1 nitrogen and oxygen atoms in total. The number of halogens is 2. The van der Waals surface area contributed by atoms with E-state index in [2.05, 4.69) is 25.2 Å². The van der Waals surface area contributed by atoms with Crippen LogP contribution in [-0.2, 0) is 13.1 Å². The summed E-state index contributed by atoms with van der Waals surface area (Å²) < 4.78 is 26.3. The molecule has 1 aromatic carbocycles. The van der Waals surface area contributed by atoms with Gasteiger partial charge in [-0.25, -0.2) is 8.78 Å². The lowest BCUT2D eigenvalue weighted by atomic mass is 10.2. The summed E-state index contributed by atoms with van der Waals surface area (Å²) in [5.41, 5.74) is 1.63. The van der Waals surface area contributed by atoms with E-state index in [1.54, 1.807) is 11.3 Å². The molecule has 0 aliphatic heterocycles. The summed E-state index contributed by atoms with van der Waals surface area (Å²) in [5, 5.41) is 3.13. The molecule has 1 aromatic heterocycles. The first-order chi connectivity index (χ1) is 8.56. The minimum atomic E-state index is -0.406. The highest BCUT2D eigenvalue weighted by Crippen LogP contribution is 2.20. The molecular weight excluding hydrogens is 252 g/mol. The highest BCUT2D eigenvalue weighted by Gasteiger charge is 2.05. The maximum atomic E-state index is 13.4. The Morgan fingerprint density at radius 3 is 2.56 bits per heavy atom. The fraction of sp³-hybridized carbons (Fsp3) is 0.286. The molecule has 0 amide bonds. The molecule has 1 N–H and O–H groups in total. The van der Waals surface area contributed by atoms with Crippen molar-refractivity contribution in [2.24, 2.45) is 0 Å². The van der Waals surface area contributed by atoms with Gasteiger partial charge in [0.15, 0.2) is 0 Å². The van der Waals surface area contributed by atoms with E-state index in [0.29, 0.717) is 18.7 Å². The predicted molar refractivity (Wildman–Crippen MR) is 70.7 cm³/mol. The minimum Gasteiger partial charge on any atom is -0.308 e. The van der Waals surface area contributed by atoms with E-state index in [0.717, 1.165) is 12.1 Å². The largest absolute Gasteiger partial charge is 0.308 e. The third-order valence-corrected chi connectivity index (χ3v) is 3.99. The van der Waals surface area contributed by atoms with Crippen LogP contribution in [0, 0.1) is 25.5 Å². The lowest BCUT2D eigenvalue weighted by Gasteiger charge is -2.05. The molecule has 0 radical (unpaired) electrons. The number of hydrogen-bond donors (Lipinski definition) is 1. The average Bonchev–Trinajstić information content (AvgIpc) is 2.63. The van der Waals surface area contributed by atoms with E-state index in [1.807, 2.05) is 0 Å². The Kier molecular flexibility index (Phi) is 4.09. The first-order valence-corrected chi connectivity index (χ1v) is 6.58. The molecule has 2 rings (SSSR count). The second-order valence-corrected chi connectivity index (χ2v) is 5.63. The van der Waals surface area contributed by atoms with Crippen molar-refractivity contribution < 1.29 is 8.78 Å². The molecule has 0 aliphatic rings. The first-order valence-electron chi connectivity index (χ1n) is 5.77. The van der Waals surface area contributed by atoms with Gasteiger partial charge in [0, 0.05) is 28.4 Å². The standard InChI is InChI=1S/C14H15F2NS/c1-9-5-13(18-10(9)2)8-17-7-11-6-12(15)3-4-14(11)16/h3-6,17H,7-8H2,1-2H3. The molecule has 0 bridgehead atoms. The van der Waals surface area contributed by atoms with Crippen molar-refractivity contribution in [3.63, 3.8) is 0 Å². The van der Waals surface area contributed by atoms with Crippen molar-refractivity contribution in [3.8, 4) is 0 Å². The fourth-order valence-corrected chi connectivity index (χ4v) is 2.76. The van der Waals surface area contributed by atoms with Crippen LogP contribution in [0.5, 0.6) is 0 Å². The topological polar surface area (TPSA) is 12.0 Å². The number of rotatable bonds is 4. The molecule has 18 heavy (non-hydrogen) atoms. The molecule has 0 spiro atoms. The summed E-state index contributed by atoms with van der Waals surface area (Å²) in [4.78, 5) is 2.51. The number of hydrogen-bond acceptors (Lipinski definition) is 2. The van der Waals surface area contributed by atoms with Gasteiger partial charge in [0.25, 0.3) is 0 Å². The summed E-state index contributed by atoms with van der Waals surface area (Å²) in [6.45, 7) is 5.16. The summed E-state index contributed by atoms with van der Waals surface area (Å²) >= 11 is 1.73. The Morgan fingerprint density at radius 2 is 1.89 bits per heavy atom. The summed E-state index contributed by atoms with van der Waals surface area (Å²) in [6.07, 6.45) is 0. The Labute approximate surface area is 109 Å². The van der Waals surface area contributed by atoms with Crippen molar-refractivity contribution in [1.29, 1.82) is 0 Å². The SMILES string of the molecule is Cc1cc(CNCc2cc(F)ccc2F)sc1C. The van der Waals surface area contributed by atoms with Crippen LogP contribution >= 0.6 is 11.3 Å². The molecule has 0 saturated heterocycles. The molecule has 0 unspecified atom stereocenters. The molecular formula is C14H15F2NS. The fourth-order valence-electron chi connectivity index (χ4n) is 1.74. The Morgan fingerprint density at radius 1 is 1.11 bits per heavy atom. The van der Waals surface area contributed by atoms with Gasteiger partial charge in [0.2, 0.25) is 0 Å². The maximum absolute atomic E-state index is 13.4. The van der Waals surface area contributed by atoms with Crippen LogP contribution in [0.4, 0.5) is 8.78 Å². The van der Waals surface area contributed by atoms with Crippen LogP contribution in [0.15, 0.2) is 24.3 Å². The third kappa shape index (κ3) is 3.15. The van der Waals surface area contributed by atoms with Crippen LogP contribution < -0.4 is 5.32 Å². The van der Waals surface area contributed by atoms with Crippen LogP contribution in [0.25, 0.3) is 0 Å². The summed E-state index contributed by atoms with van der Waals surface area (Å²) in [7, 11) is 0. The van der Waals surface area contributed by atoms with E-state index in [1.165, 1.54) is 21.4 Å². The molecule has 96 valence electrons. The normalized spacial score (nSPS) is 10.9. The van der Waals surface area contributed by atoms with Crippen molar-refractivity contribution >= 4 is 11.3 Å². The van der Waals surface area contributed by atoms with E-state index in [9.17, 15) is 8.78 Å². The first kappa shape index (κ1) is 13.2. The zero-order valence-corrected chi connectivity index (χ0v) is 11.2. The third-order valence-electron chi connectivity index (χ3n) is 2.84. The highest BCUT2D eigenvalue weighted by molar-refractivity contribution is 7.12. The van der Waals surface area contributed by atoms with Crippen molar-refractivity contribution in [3.05, 3.63) is 56.8 Å². The van der Waals surface area contributed by atoms with E-state index < -0.39 is 5.82 Å².